The minimum Gasteiger partial charge on any atom is -0.383 e. The van der Waals surface area contributed by atoms with Gasteiger partial charge in [-0.15, -0.1) is 0 Å². The molecule has 0 radical (unpaired) electrons. The van der Waals surface area contributed by atoms with Gasteiger partial charge >= 0.3 is 0 Å². The van der Waals surface area contributed by atoms with Crippen molar-refractivity contribution in [2.45, 2.75) is 12.6 Å². The number of nitrogens with zero attached hydrogens (tertiary/aromatic N) is 2. The average molecular weight is 310 g/mol. The first kappa shape index (κ1) is 16.2. The van der Waals surface area contributed by atoms with Crippen LogP contribution in [0.5, 0.6) is 0 Å². The molecule has 1 unspecified atom stereocenters. The first-order chi connectivity index (χ1) is 11.4. The molecule has 0 aromatic heterocycles. The van der Waals surface area contributed by atoms with Crippen molar-refractivity contribution < 1.29 is 4.74 Å². The van der Waals surface area contributed by atoms with Gasteiger partial charge in [-0.2, -0.15) is 0 Å². The molecule has 2 aromatic carbocycles. The number of benzene rings is 2. The van der Waals surface area contributed by atoms with Crippen molar-refractivity contribution in [1.29, 1.82) is 0 Å². The first-order valence-electron chi connectivity index (χ1n) is 8.41. The summed E-state index contributed by atoms with van der Waals surface area (Å²) in [5.41, 5.74) is 2.75. The highest BCUT2D eigenvalue weighted by molar-refractivity contribution is 5.19. The minimum absolute atomic E-state index is 0.361. The molecular weight excluding hydrogens is 284 g/mol. The lowest BCUT2D eigenvalue weighted by Gasteiger charge is -2.39. The van der Waals surface area contributed by atoms with Gasteiger partial charge in [0.15, 0.2) is 0 Å². The maximum absolute atomic E-state index is 5.48. The average Bonchev–Trinajstić information content (AvgIpc) is 2.62. The molecule has 1 aliphatic rings. The van der Waals surface area contributed by atoms with E-state index >= 15 is 0 Å². The van der Waals surface area contributed by atoms with Crippen LogP contribution < -0.4 is 0 Å². The molecule has 3 rings (SSSR count). The maximum atomic E-state index is 5.48. The molecule has 1 saturated heterocycles. The zero-order valence-electron chi connectivity index (χ0n) is 13.9. The predicted molar refractivity (Wildman–Crippen MR) is 94.4 cm³/mol. The molecule has 0 N–H and O–H groups in total. The SMILES string of the molecule is COCC(c1ccccc1)N1CCN(Cc2ccccc2)CC1. The lowest BCUT2D eigenvalue weighted by atomic mass is 10.0. The highest BCUT2D eigenvalue weighted by Gasteiger charge is 2.24. The topological polar surface area (TPSA) is 15.7 Å². The smallest absolute Gasteiger partial charge is 0.0659 e. The highest BCUT2D eigenvalue weighted by atomic mass is 16.5. The number of methoxy groups -OCH3 is 1. The van der Waals surface area contributed by atoms with Crippen LogP contribution in [0.15, 0.2) is 60.7 Å². The second kappa shape index (κ2) is 8.25. The van der Waals surface area contributed by atoms with E-state index in [0.717, 1.165) is 39.3 Å². The van der Waals surface area contributed by atoms with Gasteiger partial charge in [-0.3, -0.25) is 9.80 Å². The molecule has 0 saturated carbocycles. The van der Waals surface area contributed by atoms with Gasteiger partial charge in [-0.25, -0.2) is 0 Å². The van der Waals surface area contributed by atoms with Crippen molar-refractivity contribution in [3.05, 3.63) is 71.8 Å². The molecule has 1 fully saturated rings. The molecule has 0 spiro atoms. The summed E-state index contributed by atoms with van der Waals surface area (Å²) in [4.78, 5) is 5.10. The third-order valence-corrected chi connectivity index (χ3v) is 4.61. The number of hydrogen-bond acceptors (Lipinski definition) is 3. The fraction of sp³-hybridized carbons (Fsp3) is 0.400. The molecule has 1 atom stereocenters. The lowest BCUT2D eigenvalue weighted by molar-refractivity contribution is 0.0467. The van der Waals surface area contributed by atoms with Crippen molar-refractivity contribution in [2.24, 2.45) is 0 Å². The van der Waals surface area contributed by atoms with Gasteiger partial charge in [-0.1, -0.05) is 60.7 Å². The van der Waals surface area contributed by atoms with Crippen molar-refractivity contribution in [3.8, 4) is 0 Å². The summed E-state index contributed by atoms with van der Waals surface area (Å²) in [6.45, 7) is 6.22. The Balaban J connectivity index is 1.58. The highest BCUT2D eigenvalue weighted by Crippen LogP contribution is 2.23. The van der Waals surface area contributed by atoms with Crippen LogP contribution in [0.2, 0.25) is 0 Å². The molecule has 3 heteroatoms. The van der Waals surface area contributed by atoms with Crippen molar-refractivity contribution in [1.82, 2.24) is 9.80 Å². The van der Waals surface area contributed by atoms with Crippen LogP contribution in [0, 0.1) is 0 Å². The molecule has 0 bridgehead atoms. The Labute approximate surface area is 139 Å². The van der Waals surface area contributed by atoms with E-state index in [1.165, 1.54) is 11.1 Å². The Morgan fingerprint density at radius 1 is 0.870 bits per heavy atom. The third kappa shape index (κ3) is 4.41. The van der Waals surface area contributed by atoms with Crippen molar-refractivity contribution >= 4 is 0 Å². The van der Waals surface area contributed by atoms with Gasteiger partial charge in [-0.05, 0) is 11.1 Å². The summed E-state index contributed by atoms with van der Waals surface area (Å²) in [7, 11) is 1.79. The summed E-state index contributed by atoms with van der Waals surface area (Å²) < 4.78 is 5.48. The largest absolute Gasteiger partial charge is 0.383 e. The Bertz CT molecular complexity index is 565. The molecule has 0 amide bonds. The predicted octanol–water partition coefficient (Wildman–Crippen LogP) is 3.19. The minimum atomic E-state index is 0.361. The van der Waals surface area contributed by atoms with E-state index in [0.29, 0.717) is 6.04 Å². The Hall–Kier alpha value is -1.68. The molecule has 23 heavy (non-hydrogen) atoms. The summed E-state index contributed by atoms with van der Waals surface area (Å²) in [5.74, 6) is 0. The van der Waals surface area contributed by atoms with Gasteiger partial charge in [0, 0.05) is 39.8 Å². The van der Waals surface area contributed by atoms with E-state index in [2.05, 4.69) is 70.5 Å². The van der Waals surface area contributed by atoms with Gasteiger partial charge in [0.25, 0.3) is 0 Å². The normalized spacial score (nSPS) is 18.0. The first-order valence-corrected chi connectivity index (χ1v) is 8.41. The second-order valence-electron chi connectivity index (χ2n) is 6.18. The van der Waals surface area contributed by atoms with E-state index in [9.17, 15) is 0 Å². The number of piperazine rings is 1. The Kier molecular flexibility index (Phi) is 5.81. The van der Waals surface area contributed by atoms with Crippen LogP contribution >= 0.6 is 0 Å². The van der Waals surface area contributed by atoms with Gasteiger partial charge in [0.05, 0.1) is 12.6 Å². The monoisotopic (exact) mass is 310 g/mol. The van der Waals surface area contributed by atoms with Gasteiger partial charge in [0.2, 0.25) is 0 Å². The molecule has 122 valence electrons. The fourth-order valence-electron chi connectivity index (χ4n) is 3.32. The molecule has 0 aliphatic carbocycles. The van der Waals surface area contributed by atoms with Crippen LogP contribution in [0.1, 0.15) is 17.2 Å². The fourth-order valence-corrected chi connectivity index (χ4v) is 3.32. The number of ether oxygens (including phenoxy) is 1. The second-order valence-corrected chi connectivity index (χ2v) is 6.18. The Morgan fingerprint density at radius 3 is 2.09 bits per heavy atom. The molecule has 1 aliphatic heterocycles. The third-order valence-electron chi connectivity index (χ3n) is 4.61. The van der Waals surface area contributed by atoms with Crippen LogP contribution in [0.25, 0.3) is 0 Å². The Morgan fingerprint density at radius 2 is 1.48 bits per heavy atom. The van der Waals surface area contributed by atoms with E-state index in [4.69, 9.17) is 4.74 Å². The molecule has 3 nitrogen and oxygen atoms in total. The van der Waals surface area contributed by atoms with Crippen LogP contribution in [-0.4, -0.2) is 49.7 Å². The van der Waals surface area contributed by atoms with Crippen molar-refractivity contribution in [3.63, 3.8) is 0 Å². The summed E-state index contributed by atoms with van der Waals surface area (Å²) >= 11 is 0. The van der Waals surface area contributed by atoms with Crippen LogP contribution in [-0.2, 0) is 11.3 Å². The quantitative estimate of drug-likeness (QED) is 0.815. The van der Waals surface area contributed by atoms with E-state index in [1.807, 2.05) is 0 Å². The zero-order valence-corrected chi connectivity index (χ0v) is 13.9. The van der Waals surface area contributed by atoms with E-state index < -0.39 is 0 Å². The molecule has 2 aromatic rings. The molecule has 1 heterocycles. The van der Waals surface area contributed by atoms with Crippen molar-refractivity contribution in [2.75, 3.05) is 39.9 Å². The lowest BCUT2D eigenvalue weighted by Crippen LogP contribution is -2.48. The molecular formula is C20H26N2O. The van der Waals surface area contributed by atoms with Gasteiger partial charge < -0.3 is 4.74 Å². The summed E-state index contributed by atoms with van der Waals surface area (Å²) in [6, 6.07) is 21.8. The van der Waals surface area contributed by atoms with Crippen LogP contribution in [0.4, 0.5) is 0 Å². The van der Waals surface area contributed by atoms with E-state index in [1.54, 1.807) is 7.11 Å². The summed E-state index contributed by atoms with van der Waals surface area (Å²) in [5, 5.41) is 0. The summed E-state index contributed by atoms with van der Waals surface area (Å²) in [6.07, 6.45) is 0. The van der Waals surface area contributed by atoms with E-state index in [-0.39, 0.29) is 0 Å². The number of rotatable bonds is 6. The zero-order chi connectivity index (χ0) is 15.9. The standard InChI is InChI=1S/C20H26N2O/c1-23-17-20(19-10-6-3-7-11-19)22-14-12-21(13-15-22)16-18-8-4-2-5-9-18/h2-11,20H,12-17H2,1H3. The number of hydrogen-bond donors (Lipinski definition) is 0. The van der Waals surface area contributed by atoms with Gasteiger partial charge in [0.1, 0.15) is 0 Å². The van der Waals surface area contributed by atoms with Crippen LogP contribution in [0.3, 0.4) is 0 Å². The maximum Gasteiger partial charge on any atom is 0.0659 e.